The van der Waals surface area contributed by atoms with Crippen molar-refractivity contribution in [3.8, 4) is 0 Å². The van der Waals surface area contributed by atoms with E-state index >= 15 is 0 Å². The van der Waals surface area contributed by atoms with Gasteiger partial charge in [0.05, 0.1) is 11.1 Å². The van der Waals surface area contributed by atoms with Gasteiger partial charge in [0.15, 0.2) is 0 Å². The molecule has 0 spiro atoms. The maximum atomic E-state index is 13.2. The number of fused-ring (bicyclic) bond motifs is 1. The highest BCUT2D eigenvalue weighted by atomic mass is 32.2. The predicted octanol–water partition coefficient (Wildman–Crippen LogP) is 2.90. The fourth-order valence-corrected chi connectivity index (χ4v) is 5.79. The molecule has 2 aromatic rings. The number of aryl methyl sites for hydroxylation is 1. The number of benzene rings is 1. The second-order valence-corrected chi connectivity index (χ2v) is 8.87. The molecule has 0 saturated carbocycles. The Morgan fingerprint density at radius 2 is 1.84 bits per heavy atom. The minimum atomic E-state index is -3.44. The van der Waals surface area contributed by atoms with E-state index in [1.165, 1.54) is 5.56 Å². The lowest BCUT2D eigenvalue weighted by atomic mass is 10.1. The summed E-state index contributed by atoms with van der Waals surface area (Å²) in [6.07, 6.45) is 5.78. The van der Waals surface area contributed by atoms with Gasteiger partial charge >= 0.3 is 0 Å². The highest BCUT2D eigenvalue weighted by molar-refractivity contribution is 7.89. The summed E-state index contributed by atoms with van der Waals surface area (Å²) in [5, 5.41) is 7.19. The van der Waals surface area contributed by atoms with Crippen molar-refractivity contribution >= 4 is 21.5 Å². The summed E-state index contributed by atoms with van der Waals surface area (Å²) >= 11 is 0. The molecule has 0 unspecified atom stereocenters. The van der Waals surface area contributed by atoms with Gasteiger partial charge in [0.25, 0.3) is 0 Å². The maximum absolute atomic E-state index is 13.2. The van der Waals surface area contributed by atoms with Crippen molar-refractivity contribution in [2.45, 2.75) is 44.4 Å². The highest BCUT2D eigenvalue weighted by Crippen LogP contribution is 2.39. The molecule has 1 N–H and O–H groups in total. The Bertz CT molecular complexity index is 898. The van der Waals surface area contributed by atoms with Crippen molar-refractivity contribution in [1.29, 1.82) is 0 Å². The van der Waals surface area contributed by atoms with E-state index in [1.807, 2.05) is 26.1 Å². The third-order valence-corrected chi connectivity index (χ3v) is 7.40. The summed E-state index contributed by atoms with van der Waals surface area (Å²) in [5.74, 6) is 0.985. The molecule has 0 radical (unpaired) electrons. The average Bonchev–Trinajstić information content (AvgIpc) is 3.20. The van der Waals surface area contributed by atoms with Gasteiger partial charge < -0.3 is 4.90 Å². The Morgan fingerprint density at radius 3 is 2.60 bits per heavy atom. The first-order chi connectivity index (χ1) is 12.0. The zero-order chi connectivity index (χ0) is 17.6. The maximum Gasteiger partial charge on any atom is 0.243 e. The van der Waals surface area contributed by atoms with Crippen molar-refractivity contribution in [1.82, 2.24) is 14.5 Å². The van der Waals surface area contributed by atoms with Gasteiger partial charge in [-0.2, -0.15) is 9.40 Å². The molecule has 2 aliphatic rings. The number of aromatic amines is 1. The van der Waals surface area contributed by atoms with Crippen LogP contribution in [0.1, 0.15) is 36.0 Å². The van der Waals surface area contributed by atoms with Crippen LogP contribution in [0.5, 0.6) is 0 Å². The SMILES string of the molecule is Cc1ccc(S(=O)(=O)N2CCCCC2)c(C)c1N1CCc2cn[nH]c21. The first kappa shape index (κ1) is 16.6. The van der Waals surface area contributed by atoms with E-state index in [-0.39, 0.29) is 0 Å². The zero-order valence-electron chi connectivity index (χ0n) is 14.7. The Morgan fingerprint density at radius 1 is 1.08 bits per heavy atom. The van der Waals surface area contributed by atoms with Crippen LogP contribution in [-0.2, 0) is 16.4 Å². The van der Waals surface area contributed by atoms with E-state index in [9.17, 15) is 8.42 Å². The molecule has 0 bridgehead atoms. The van der Waals surface area contributed by atoms with Crippen LogP contribution in [0.2, 0.25) is 0 Å². The summed E-state index contributed by atoms with van der Waals surface area (Å²) in [5.41, 5.74) is 4.08. The number of hydrogen-bond donors (Lipinski definition) is 1. The van der Waals surface area contributed by atoms with E-state index < -0.39 is 10.0 Å². The molecule has 1 fully saturated rings. The number of anilines is 2. The zero-order valence-corrected chi connectivity index (χ0v) is 15.6. The molecular weight excluding hydrogens is 336 g/mol. The van der Waals surface area contributed by atoms with Crippen molar-refractivity contribution in [2.75, 3.05) is 24.5 Å². The van der Waals surface area contributed by atoms with Crippen molar-refractivity contribution < 1.29 is 8.42 Å². The number of piperidine rings is 1. The molecule has 7 heteroatoms. The first-order valence-corrected chi connectivity index (χ1v) is 10.3. The molecule has 1 aromatic carbocycles. The summed E-state index contributed by atoms with van der Waals surface area (Å²) < 4.78 is 28.0. The first-order valence-electron chi connectivity index (χ1n) is 8.90. The van der Waals surface area contributed by atoms with Crippen LogP contribution in [0.25, 0.3) is 0 Å². The van der Waals surface area contributed by atoms with Crippen molar-refractivity contribution in [2.24, 2.45) is 0 Å². The van der Waals surface area contributed by atoms with E-state index in [0.29, 0.717) is 18.0 Å². The predicted molar refractivity (Wildman–Crippen MR) is 97.8 cm³/mol. The Balaban J connectivity index is 1.79. The van der Waals surface area contributed by atoms with Crippen LogP contribution in [0, 0.1) is 13.8 Å². The van der Waals surface area contributed by atoms with Gasteiger partial charge in [0, 0.05) is 30.9 Å². The third kappa shape index (κ3) is 2.66. The quantitative estimate of drug-likeness (QED) is 0.914. The van der Waals surface area contributed by atoms with Crippen LogP contribution < -0.4 is 4.90 Å². The Kier molecular flexibility index (Phi) is 4.08. The summed E-state index contributed by atoms with van der Waals surface area (Å²) in [7, 11) is -3.44. The Hall–Kier alpha value is -1.86. The lowest BCUT2D eigenvalue weighted by Crippen LogP contribution is -2.36. The minimum absolute atomic E-state index is 0.433. The Labute approximate surface area is 148 Å². The van der Waals surface area contributed by atoms with Gasteiger partial charge in [0.2, 0.25) is 10.0 Å². The summed E-state index contributed by atoms with van der Waals surface area (Å²) in [4.78, 5) is 2.60. The van der Waals surface area contributed by atoms with E-state index in [4.69, 9.17) is 0 Å². The number of H-pyrrole nitrogens is 1. The number of hydrogen-bond acceptors (Lipinski definition) is 4. The largest absolute Gasteiger partial charge is 0.326 e. The van der Waals surface area contributed by atoms with Crippen LogP contribution in [0.3, 0.4) is 0 Å². The standard InChI is InChI=1S/C18H24N4O2S/c1-13-6-7-16(25(23,24)21-9-4-3-5-10-21)14(2)17(13)22-11-8-15-12-19-20-18(15)22/h6-7,12H,3-5,8-11H2,1-2H3,(H,19,20). The normalized spacial score (nSPS) is 18.6. The van der Waals surface area contributed by atoms with Gasteiger partial charge in [-0.3, -0.25) is 5.10 Å². The van der Waals surface area contributed by atoms with Gasteiger partial charge in [0.1, 0.15) is 5.82 Å². The van der Waals surface area contributed by atoms with E-state index in [0.717, 1.165) is 54.9 Å². The fourth-order valence-electron chi connectivity index (χ4n) is 4.04. The molecule has 3 heterocycles. The third-order valence-electron chi connectivity index (χ3n) is 5.36. The fraction of sp³-hybridized carbons (Fsp3) is 0.500. The summed E-state index contributed by atoms with van der Waals surface area (Å²) in [6.45, 7) is 6.05. The molecule has 25 heavy (non-hydrogen) atoms. The second kappa shape index (κ2) is 6.14. The molecule has 1 saturated heterocycles. The van der Waals surface area contributed by atoms with Gasteiger partial charge in [-0.15, -0.1) is 0 Å². The highest BCUT2D eigenvalue weighted by Gasteiger charge is 2.31. The van der Waals surface area contributed by atoms with E-state index in [1.54, 1.807) is 10.4 Å². The second-order valence-electron chi connectivity index (χ2n) is 6.96. The molecule has 4 rings (SSSR count). The van der Waals surface area contributed by atoms with Gasteiger partial charge in [-0.1, -0.05) is 12.5 Å². The van der Waals surface area contributed by atoms with E-state index in [2.05, 4.69) is 15.1 Å². The average molecular weight is 360 g/mol. The molecule has 0 amide bonds. The minimum Gasteiger partial charge on any atom is -0.326 e. The van der Waals surface area contributed by atoms with Crippen LogP contribution >= 0.6 is 0 Å². The number of sulfonamides is 1. The number of aromatic nitrogens is 2. The van der Waals surface area contributed by atoms with Crippen LogP contribution in [0.4, 0.5) is 11.5 Å². The van der Waals surface area contributed by atoms with Crippen molar-refractivity contribution in [3.63, 3.8) is 0 Å². The smallest absolute Gasteiger partial charge is 0.243 e. The lowest BCUT2D eigenvalue weighted by Gasteiger charge is -2.29. The number of rotatable bonds is 3. The monoisotopic (exact) mass is 360 g/mol. The van der Waals surface area contributed by atoms with Gasteiger partial charge in [-0.25, -0.2) is 8.42 Å². The topological polar surface area (TPSA) is 69.3 Å². The van der Waals surface area contributed by atoms with Crippen LogP contribution in [0.15, 0.2) is 23.2 Å². The molecule has 0 aliphatic carbocycles. The molecule has 134 valence electrons. The molecular formula is C18H24N4O2S. The molecule has 2 aliphatic heterocycles. The van der Waals surface area contributed by atoms with Crippen molar-refractivity contribution in [3.05, 3.63) is 35.0 Å². The molecule has 1 aromatic heterocycles. The number of nitrogens with one attached hydrogen (secondary N) is 1. The number of nitrogens with zero attached hydrogens (tertiary/aromatic N) is 3. The summed E-state index contributed by atoms with van der Waals surface area (Å²) in [6, 6.07) is 3.69. The molecule has 0 atom stereocenters. The van der Waals surface area contributed by atoms with Crippen LogP contribution in [-0.4, -0.2) is 42.6 Å². The lowest BCUT2D eigenvalue weighted by molar-refractivity contribution is 0.346. The van der Waals surface area contributed by atoms with Gasteiger partial charge in [-0.05, 0) is 50.3 Å². The molecule has 6 nitrogen and oxygen atoms in total.